The van der Waals surface area contributed by atoms with Gasteiger partial charge in [0, 0.05) is 0 Å². The molecular formula is C9H14FN6OP. The van der Waals surface area contributed by atoms with E-state index in [0.29, 0.717) is 17.5 Å². The Balaban J connectivity index is 2.34. The van der Waals surface area contributed by atoms with Crippen LogP contribution in [0.15, 0.2) is 6.33 Å². The zero-order valence-corrected chi connectivity index (χ0v) is 10.7. The van der Waals surface area contributed by atoms with Crippen LogP contribution in [0.3, 0.4) is 0 Å². The maximum Gasteiger partial charge on any atom is 0.224 e. The van der Waals surface area contributed by atoms with Crippen LogP contribution in [-0.4, -0.2) is 38.6 Å². The molecule has 2 rings (SSSR count). The zero-order valence-electron chi connectivity index (χ0n) is 9.58. The Labute approximate surface area is 105 Å². The smallest absolute Gasteiger partial charge is 0.224 e. The Hall–Kier alpha value is -1.53. The molecule has 98 valence electrons. The molecule has 2 aromatic heterocycles. The molecule has 0 spiro atoms. The van der Waals surface area contributed by atoms with Crippen molar-refractivity contribution in [2.75, 3.05) is 24.5 Å². The number of imidazole rings is 1. The monoisotopic (exact) mass is 272 g/mol. The molecule has 2 atom stereocenters. The van der Waals surface area contributed by atoms with Crippen molar-refractivity contribution in [3.8, 4) is 0 Å². The van der Waals surface area contributed by atoms with Gasteiger partial charge in [0.1, 0.15) is 18.3 Å². The van der Waals surface area contributed by atoms with Gasteiger partial charge in [0.2, 0.25) is 5.95 Å². The normalized spacial score (nSPS) is 13.0. The highest BCUT2D eigenvalue weighted by molar-refractivity contribution is 7.16. The lowest BCUT2D eigenvalue weighted by atomic mass is 10.4. The number of anilines is 2. The number of nitrogen functional groups attached to an aromatic ring is 2. The topological polar surface area (TPSA) is 105 Å². The van der Waals surface area contributed by atoms with Crippen LogP contribution in [0.5, 0.6) is 0 Å². The molecule has 0 aromatic carbocycles. The molecule has 0 aliphatic carbocycles. The van der Waals surface area contributed by atoms with E-state index in [9.17, 15) is 4.39 Å². The first-order valence-electron chi connectivity index (χ1n) is 5.27. The van der Waals surface area contributed by atoms with E-state index in [0.717, 1.165) is 0 Å². The van der Waals surface area contributed by atoms with Gasteiger partial charge < -0.3 is 20.8 Å². The first-order chi connectivity index (χ1) is 8.65. The van der Waals surface area contributed by atoms with Gasteiger partial charge in [-0.25, -0.2) is 9.37 Å². The summed E-state index contributed by atoms with van der Waals surface area (Å²) in [6, 6.07) is 0. The van der Waals surface area contributed by atoms with E-state index < -0.39 is 12.8 Å². The number of nitrogens with two attached hydrogens (primary N) is 2. The predicted octanol–water partition coefficient (Wildman–Crippen LogP) is 0.178. The van der Waals surface area contributed by atoms with E-state index in [2.05, 4.69) is 24.2 Å². The van der Waals surface area contributed by atoms with E-state index in [1.54, 1.807) is 4.57 Å². The molecule has 2 aromatic rings. The average Bonchev–Trinajstić information content (AvgIpc) is 2.72. The van der Waals surface area contributed by atoms with Gasteiger partial charge in [0.25, 0.3) is 0 Å². The quantitative estimate of drug-likeness (QED) is 0.752. The predicted molar refractivity (Wildman–Crippen MR) is 69.6 cm³/mol. The number of hydrogen-bond acceptors (Lipinski definition) is 6. The fourth-order valence-electron chi connectivity index (χ4n) is 1.62. The van der Waals surface area contributed by atoms with Crippen LogP contribution in [0.2, 0.25) is 0 Å². The molecule has 0 aliphatic rings. The number of alkyl halides is 1. The summed E-state index contributed by atoms with van der Waals surface area (Å²) in [5.41, 5.74) is 12.1. The Morgan fingerprint density at radius 3 is 2.89 bits per heavy atom. The Bertz CT molecular complexity index is 547. The van der Waals surface area contributed by atoms with Gasteiger partial charge in [-0.15, -0.1) is 9.24 Å². The van der Waals surface area contributed by atoms with Gasteiger partial charge in [-0.1, -0.05) is 0 Å². The highest BCUT2D eigenvalue weighted by atomic mass is 31.0. The van der Waals surface area contributed by atoms with E-state index in [-0.39, 0.29) is 18.3 Å². The van der Waals surface area contributed by atoms with Gasteiger partial charge in [0.05, 0.1) is 19.2 Å². The second-order valence-electron chi connectivity index (χ2n) is 3.65. The van der Waals surface area contributed by atoms with Gasteiger partial charge in [-0.05, 0) is 0 Å². The maximum atomic E-state index is 12.7. The molecule has 2 heterocycles. The fourth-order valence-corrected chi connectivity index (χ4v) is 1.89. The molecule has 0 bridgehead atoms. The summed E-state index contributed by atoms with van der Waals surface area (Å²) < 4.78 is 19.6. The molecular weight excluding hydrogens is 258 g/mol. The van der Waals surface area contributed by atoms with Crippen molar-refractivity contribution in [3.63, 3.8) is 0 Å². The number of ether oxygens (including phenoxy) is 1. The maximum absolute atomic E-state index is 12.7. The summed E-state index contributed by atoms with van der Waals surface area (Å²) in [4.78, 5) is 11.9. The number of fused-ring (bicyclic) bond motifs is 1. The van der Waals surface area contributed by atoms with Crippen molar-refractivity contribution in [1.29, 1.82) is 0 Å². The summed E-state index contributed by atoms with van der Waals surface area (Å²) in [5, 5.41) is 0. The second kappa shape index (κ2) is 5.41. The Morgan fingerprint density at radius 2 is 2.22 bits per heavy atom. The van der Waals surface area contributed by atoms with Gasteiger partial charge in [-0.2, -0.15) is 9.97 Å². The Kier molecular flexibility index (Phi) is 3.88. The molecule has 7 nitrogen and oxygen atoms in total. The summed E-state index contributed by atoms with van der Waals surface area (Å²) in [7, 11) is 2.38. The van der Waals surface area contributed by atoms with Crippen molar-refractivity contribution in [3.05, 3.63) is 6.33 Å². The van der Waals surface area contributed by atoms with Crippen LogP contribution in [0.1, 0.15) is 0 Å². The highest BCUT2D eigenvalue weighted by Gasteiger charge is 2.14. The van der Waals surface area contributed by atoms with E-state index in [4.69, 9.17) is 16.2 Å². The van der Waals surface area contributed by atoms with Crippen molar-refractivity contribution in [2.45, 2.75) is 12.6 Å². The number of aromatic nitrogens is 4. The van der Waals surface area contributed by atoms with Gasteiger partial charge in [0.15, 0.2) is 11.5 Å². The van der Waals surface area contributed by atoms with Crippen molar-refractivity contribution in [1.82, 2.24) is 19.5 Å². The number of rotatable bonds is 5. The van der Waals surface area contributed by atoms with Crippen LogP contribution in [0.4, 0.5) is 16.2 Å². The minimum atomic E-state index is -0.593. The lowest BCUT2D eigenvalue weighted by Crippen LogP contribution is -2.21. The molecule has 4 N–H and O–H groups in total. The lowest BCUT2D eigenvalue weighted by molar-refractivity contribution is 0.0558. The standard InChI is InChI=1S/C9H14FN6OP/c10-1-5(17-4-18)2-16-3-13-6-7(11)14-9(12)15-8(6)16/h3,5H,1-2,4,18H2,(H4,11,12,14,15)/t5-/m1/s1. The fraction of sp³-hybridized carbons (Fsp3) is 0.444. The third kappa shape index (κ3) is 2.49. The lowest BCUT2D eigenvalue weighted by Gasteiger charge is -2.13. The van der Waals surface area contributed by atoms with E-state index in [1.165, 1.54) is 6.33 Å². The molecule has 0 fully saturated rings. The number of nitrogens with zero attached hydrogens (tertiary/aromatic N) is 4. The third-order valence-corrected chi connectivity index (χ3v) is 2.60. The van der Waals surface area contributed by atoms with Crippen molar-refractivity contribution in [2.24, 2.45) is 0 Å². The SMILES string of the molecule is Nc1nc(N)c2ncn(C[C@@H](CF)OCP)c2n1. The largest absolute Gasteiger partial charge is 0.382 e. The minimum Gasteiger partial charge on any atom is -0.382 e. The van der Waals surface area contributed by atoms with Crippen molar-refractivity contribution >= 4 is 32.2 Å². The molecule has 0 radical (unpaired) electrons. The number of halogens is 1. The summed E-state index contributed by atoms with van der Waals surface area (Å²) in [6.07, 6.45) is 1.32. The second-order valence-corrected chi connectivity index (χ2v) is 3.98. The molecule has 18 heavy (non-hydrogen) atoms. The van der Waals surface area contributed by atoms with Gasteiger partial charge in [-0.3, -0.25) is 0 Å². The van der Waals surface area contributed by atoms with Crippen LogP contribution in [-0.2, 0) is 11.3 Å². The van der Waals surface area contributed by atoms with E-state index in [1.807, 2.05) is 0 Å². The highest BCUT2D eigenvalue weighted by Crippen LogP contribution is 2.17. The Morgan fingerprint density at radius 1 is 1.44 bits per heavy atom. The first-order valence-corrected chi connectivity index (χ1v) is 6.08. The summed E-state index contributed by atoms with van der Waals surface area (Å²) in [5.74, 6) is 0.269. The van der Waals surface area contributed by atoms with Crippen LogP contribution in [0, 0.1) is 0 Å². The molecule has 0 saturated heterocycles. The molecule has 9 heteroatoms. The molecule has 0 amide bonds. The molecule has 0 aliphatic heterocycles. The van der Waals surface area contributed by atoms with Crippen LogP contribution in [0.25, 0.3) is 11.2 Å². The van der Waals surface area contributed by atoms with Crippen molar-refractivity contribution < 1.29 is 9.13 Å². The average molecular weight is 272 g/mol. The van der Waals surface area contributed by atoms with E-state index >= 15 is 0 Å². The van der Waals surface area contributed by atoms with Crippen LogP contribution < -0.4 is 11.5 Å². The molecule has 1 unspecified atom stereocenters. The zero-order chi connectivity index (χ0) is 13.1. The summed E-state index contributed by atoms with van der Waals surface area (Å²) >= 11 is 0. The molecule has 0 saturated carbocycles. The van der Waals surface area contributed by atoms with Gasteiger partial charge >= 0.3 is 0 Å². The van der Waals surface area contributed by atoms with Crippen LogP contribution >= 0.6 is 9.24 Å². The summed E-state index contributed by atoms with van der Waals surface area (Å²) in [6.45, 7) is -0.304. The third-order valence-electron chi connectivity index (χ3n) is 2.41. The minimum absolute atomic E-state index is 0.0607. The number of hydrogen-bond donors (Lipinski definition) is 2. The first kappa shape index (κ1) is 12.9.